The van der Waals surface area contributed by atoms with E-state index in [9.17, 15) is 22.8 Å². The maximum atomic E-state index is 15.0. The van der Waals surface area contributed by atoms with Crippen LogP contribution in [0, 0.1) is 12.7 Å². The van der Waals surface area contributed by atoms with Gasteiger partial charge in [-0.3, -0.25) is 9.69 Å². The number of urea groups is 1. The molecule has 0 atom stereocenters. The minimum atomic E-state index is -4.81. The maximum Gasteiger partial charge on any atom is 0.573 e. The number of nitrogens with zero attached hydrogens (tertiary/aromatic N) is 5. The smallest absolute Gasteiger partial charge is 0.406 e. The lowest BCUT2D eigenvalue weighted by Crippen LogP contribution is -2.31. The van der Waals surface area contributed by atoms with Gasteiger partial charge in [-0.15, -0.1) is 18.3 Å². The number of hydrogen-bond acceptors (Lipinski definition) is 6. The fraction of sp³-hybridized carbons (Fsp3) is 0.207. The fourth-order valence-corrected chi connectivity index (χ4v) is 5.18. The Labute approximate surface area is 247 Å². The molecule has 2 heterocycles. The SMILES string of the molecule is Cc1ccc(C(C)C)c(N2C(=O)CSC2=NC(=O)Nc2ccc(-c3ncn(-c4ccc(OC(F)(F)F)cc4)n3)cc2F)c1. The lowest BCUT2D eigenvalue weighted by Gasteiger charge is -2.22. The predicted octanol–water partition coefficient (Wildman–Crippen LogP) is 7.07. The first kappa shape index (κ1) is 29.8. The van der Waals surface area contributed by atoms with Gasteiger partial charge in [-0.25, -0.2) is 18.9 Å². The van der Waals surface area contributed by atoms with E-state index in [1.807, 2.05) is 39.0 Å². The van der Waals surface area contributed by atoms with Crippen LogP contribution < -0.4 is 15.0 Å². The Bertz CT molecular complexity index is 1720. The van der Waals surface area contributed by atoms with Gasteiger partial charge in [-0.1, -0.05) is 37.7 Å². The summed E-state index contributed by atoms with van der Waals surface area (Å²) in [7, 11) is 0. The third-order valence-electron chi connectivity index (χ3n) is 6.31. The zero-order valence-corrected chi connectivity index (χ0v) is 23.8. The summed E-state index contributed by atoms with van der Waals surface area (Å²) in [4.78, 5) is 35.2. The number of alkyl halides is 3. The van der Waals surface area contributed by atoms with Gasteiger partial charge in [0.05, 0.1) is 22.8 Å². The molecule has 9 nitrogen and oxygen atoms in total. The van der Waals surface area contributed by atoms with Crippen LogP contribution in [0.2, 0.25) is 0 Å². The molecule has 3 amide bonds. The Morgan fingerprint density at radius 3 is 2.51 bits per heavy atom. The van der Waals surface area contributed by atoms with Crippen molar-refractivity contribution in [1.82, 2.24) is 14.8 Å². The van der Waals surface area contributed by atoms with Crippen molar-refractivity contribution < 1.29 is 31.9 Å². The molecule has 43 heavy (non-hydrogen) atoms. The molecule has 0 bridgehead atoms. The summed E-state index contributed by atoms with van der Waals surface area (Å²) in [5.74, 6) is -0.992. The van der Waals surface area contributed by atoms with Crippen LogP contribution in [-0.2, 0) is 4.79 Å². The third-order valence-corrected chi connectivity index (χ3v) is 7.23. The molecule has 14 heteroatoms. The van der Waals surface area contributed by atoms with Gasteiger partial charge in [0.1, 0.15) is 17.9 Å². The van der Waals surface area contributed by atoms with Crippen molar-refractivity contribution >= 4 is 40.2 Å². The summed E-state index contributed by atoms with van der Waals surface area (Å²) in [6.07, 6.45) is -3.48. The molecule has 5 rings (SSSR count). The number of aryl methyl sites for hydroxylation is 1. The third kappa shape index (κ3) is 6.85. The number of nitrogens with one attached hydrogen (secondary N) is 1. The number of carbonyl (C=O) groups is 2. The molecule has 1 aromatic heterocycles. The molecule has 1 N–H and O–H groups in total. The van der Waals surface area contributed by atoms with Gasteiger partial charge < -0.3 is 10.1 Å². The number of amides is 3. The molecule has 0 radical (unpaired) electrons. The van der Waals surface area contributed by atoms with E-state index in [4.69, 9.17) is 0 Å². The minimum absolute atomic E-state index is 0.117. The molecule has 222 valence electrons. The number of halogens is 4. The summed E-state index contributed by atoms with van der Waals surface area (Å²) < 4.78 is 57.4. The van der Waals surface area contributed by atoms with E-state index in [1.54, 1.807) is 0 Å². The zero-order chi connectivity index (χ0) is 30.9. The Kier molecular flexibility index (Phi) is 8.22. The normalized spacial score (nSPS) is 14.6. The van der Waals surface area contributed by atoms with Gasteiger partial charge in [0.25, 0.3) is 0 Å². The number of anilines is 2. The molecule has 1 aliphatic heterocycles. The maximum absolute atomic E-state index is 15.0. The van der Waals surface area contributed by atoms with Crippen LogP contribution in [0.1, 0.15) is 30.9 Å². The average molecular weight is 613 g/mol. The van der Waals surface area contributed by atoms with Gasteiger partial charge in [0.2, 0.25) is 5.91 Å². The first-order valence-corrected chi connectivity index (χ1v) is 13.9. The van der Waals surface area contributed by atoms with Crippen molar-refractivity contribution in [2.45, 2.75) is 33.1 Å². The molecule has 0 saturated carbocycles. The van der Waals surface area contributed by atoms with E-state index < -0.39 is 18.2 Å². The zero-order valence-electron chi connectivity index (χ0n) is 23.0. The van der Waals surface area contributed by atoms with Crippen LogP contribution in [0.5, 0.6) is 5.75 Å². The second-order valence-electron chi connectivity index (χ2n) is 9.81. The molecule has 3 aromatic carbocycles. The van der Waals surface area contributed by atoms with Crippen LogP contribution >= 0.6 is 11.8 Å². The molecule has 0 unspecified atom stereocenters. The van der Waals surface area contributed by atoms with Gasteiger partial charge in [0.15, 0.2) is 11.0 Å². The summed E-state index contributed by atoms with van der Waals surface area (Å²) in [5.41, 5.74) is 3.09. The Morgan fingerprint density at radius 1 is 1.09 bits per heavy atom. The van der Waals surface area contributed by atoms with Crippen LogP contribution in [0.15, 0.2) is 72.0 Å². The molecule has 1 saturated heterocycles. The van der Waals surface area contributed by atoms with Crippen molar-refractivity contribution in [3.63, 3.8) is 0 Å². The van der Waals surface area contributed by atoms with E-state index in [0.717, 1.165) is 41.1 Å². The Hall–Kier alpha value is -4.72. The van der Waals surface area contributed by atoms with E-state index in [2.05, 4.69) is 25.1 Å². The molecular weight excluding hydrogens is 588 g/mol. The van der Waals surface area contributed by atoms with Crippen molar-refractivity contribution in [3.05, 3.63) is 83.9 Å². The number of amidine groups is 1. The number of benzene rings is 3. The lowest BCUT2D eigenvalue weighted by molar-refractivity contribution is -0.274. The minimum Gasteiger partial charge on any atom is -0.406 e. The number of carbonyl (C=O) groups excluding carboxylic acids is 2. The Balaban J connectivity index is 1.31. The van der Waals surface area contributed by atoms with Crippen molar-refractivity contribution in [2.75, 3.05) is 16.0 Å². The van der Waals surface area contributed by atoms with Crippen LogP contribution in [0.4, 0.5) is 33.7 Å². The number of ether oxygens (including phenoxy) is 1. The molecular formula is C29H24F4N6O3S. The standard InChI is InChI=1S/C29H24F4N6O3S/c1-16(2)21-10-4-17(3)12-24(21)39-25(40)14-43-28(39)36-27(41)35-23-11-5-18(13-22(23)30)26-34-15-38(37-26)19-6-8-20(9-7-19)42-29(31,32)33/h4-13,15-16H,14H2,1-3H3,(H,35,41). The second-order valence-corrected chi connectivity index (χ2v) is 10.8. The highest BCUT2D eigenvalue weighted by Gasteiger charge is 2.33. The first-order chi connectivity index (χ1) is 20.4. The second kappa shape index (κ2) is 11.9. The first-order valence-electron chi connectivity index (χ1n) is 12.9. The van der Waals surface area contributed by atoms with Gasteiger partial charge >= 0.3 is 12.4 Å². The number of aromatic nitrogens is 3. The largest absolute Gasteiger partial charge is 0.573 e. The van der Waals surface area contributed by atoms with Crippen molar-refractivity contribution in [2.24, 2.45) is 4.99 Å². The van der Waals surface area contributed by atoms with E-state index in [-0.39, 0.29) is 40.0 Å². The molecule has 1 fully saturated rings. The van der Waals surface area contributed by atoms with E-state index in [0.29, 0.717) is 16.9 Å². The van der Waals surface area contributed by atoms with Gasteiger partial charge in [0, 0.05) is 5.56 Å². The van der Waals surface area contributed by atoms with Gasteiger partial charge in [-0.2, -0.15) is 4.99 Å². The fourth-order valence-electron chi connectivity index (χ4n) is 4.32. The summed E-state index contributed by atoms with van der Waals surface area (Å²) in [6, 6.07) is 13.9. The molecule has 1 aliphatic rings. The van der Waals surface area contributed by atoms with Gasteiger partial charge in [-0.05, 0) is 72.5 Å². The highest BCUT2D eigenvalue weighted by Crippen LogP contribution is 2.34. The van der Waals surface area contributed by atoms with E-state index in [1.165, 1.54) is 40.2 Å². The molecule has 0 spiro atoms. The molecule has 0 aliphatic carbocycles. The number of rotatable bonds is 6. The molecule has 4 aromatic rings. The monoisotopic (exact) mass is 612 g/mol. The van der Waals surface area contributed by atoms with Crippen LogP contribution in [0.25, 0.3) is 17.1 Å². The number of hydrogen-bond donors (Lipinski definition) is 1. The summed E-state index contributed by atoms with van der Waals surface area (Å²) in [5, 5.41) is 6.86. The van der Waals surface area contributed by atoms with Crippen molar-refractivity contribution in [3.8, 4) is 22.8 Å². The van der Waals surface area contributed by atoms with E-state index >= 15 is 4.39 Å². The Morgan fingerprint density at radius 2 is 1.84 bits per heavy atom. The number of thioether (sulfide) groups is 1. The quantitative estimate of drug-likeness (QED) is 0.234. The summed E-state index contributed by atoms with van der Waals surface area (Å²) in [6.45, 7) is 5.92. The average Bonchev–Trinajstić information content (AvgIpc) is 3.56. The summed E-state index contributed by atoms with van der Waals surface area (Å²) >= 11 is 1.12. The van der Waals surface area contributed by atoms with Crippen LogP contribution in [0.3, 0.4) is 0 Å². The van der Waals surface area contributed by atoms with Crippen molar-refractivity contribution in [1.29, 1.82) is 0 Å². The number of aliphatic imine (C=N–C) groups is 1. The highest BCUT2D eigenvalue weighted by molar-refractivity contribution is 8.15. The lowest BCUT2D eigenvalue weighted by atomic mass is 9.99. The highest BCUT2D eigenvalue weighted by atomic mass is 32.2. The topological polar surface area (TPSA) is 102 Å². The van der Waals surface area contributed by atoms with Crippen LogP contribution in [-0.4, -0.2) is 44.0 Å². The predicted molar refractivity (Wildman–Crippen MR) is 155 cm³/mol.